The summed E-state index contributed by atoms with van der Waals surface area (Å²) in [7, 11) is -3.80. The van der Waals surface area contributed by atoms with E-state index in [0.29, 0.717) is 13.0 Å². The summed E-state index contributed by atoms with van der Waals surface area (Å²) in [5.41, 5.74) is 4.78. The lowest BCUT2D eigenvalue weighted by molar-refractivity contribution is 0.0957. The number of nitrogen functional groups attached to an aromatic ring is 1. The summed E-state index contributed by atoms with van der Waals surface area (Å²) >= 11 is 0. The number of nitrogens with two attached hydrogens (primary N) is 1. The fourth-order valence-electron chi connectivity index (χ4n) is 2.09. The molecule has 7 heteroatoms. The van der Waals surface area contributed by atoms with Crippen LogP contribution in [0.3, 0.4) is 0 Å². The third-order valence-electron chi connectivity index (χ3n) is 3.52. The molecule has 2 rings (SSSR count). The highest BCUT2D eigenvalue weighted by atomic mass is 32.2. The van der Waals surface area contributed by atoms with E-state index in [2.05, 4.69) is 4.72 Å². The average molecular weight is 288 g/mol. The summed E-state index contributed by atoms with van der Waals surface area (Å²) in [4.78, 5) is -0.116. The minimum Gasteiger partial charge on any atom is -0.398 e. The Hall–Kier alpha value is -1.18. The molecule has 0 spiro atoms. The number of ether oxygens (including phenoxy) is 1. The molecule has 5 nitrogen and oxygen atoms in total. The van der Waals surface area contributed by atoms with Crippen molar-refractivity contribution in [2.75, 3.05) is 12.3 Å². The Morgan fingerprint density at radius 1 is 1.53 bits per heavy atom. The van der Waals surface area contributed by atoms with Crippen molar-refractivity contribution in [3.8, 4) is 0 Å². The lowest BCUT2D eigenvalue weighted by atomic mass is 9.97. The van der Waals surface area contributed by atoms with Crippen molar-refractivity contribution in [1.82, 2.24) is 4.72 Å². The molecule has 1 aliphatic heterocycles. The lowest BCUT2D eigenvalue weighted by Gasteiger charge is -2.28. The minimum absolute atomic E-state index is 0.109. The van der Waals surface area contributed by atoms with E-state index in [9.17, 15) is 12.8 Å². The van der Waals surface area contributed by atoms with Gasteiger partial charge in [0.05, 0.1) is 17.3 Å². The average Bonchev–Trinajstić information content (AvgIpc) is 2.57. The van der Waals surface area contributed by atoms with Crippen LogP contribution >= 0.6 is 0 Å². The third kappa shape index (κ3) is 2.72. The van der Waals surface area contributed by atoms with Gasteiger partial charge in [-0.3, -0.25) is 0 Å². The summed E-state index contributed by atoms with van der Waals surface area (Å²) in [6.45, 7) is 4.09. The zero-order chi connectivity index (χ0) is 14.3. The fraction of sp³-hybridized carbons (Fsp3) is 0.500. The van der Waals surface area contributed by atoms with Crippen LogP contribution in [-0.2, 0) is 14.8 Å². The van der Waals surface area contributed by atoms with Crippen LogP contribution in [0.15, 0.2) is 23.1 Å². The molecule has 1 aromatic carbocycles. The van der Waals surface area contributed by atoms with Gasteiger partial charge in [0.1, 0.15) is 10.7 Å². The standard InChI is InChI=1S/C12H17FN2O3S/c1-8-12(2,5-6-18-8)15-19(16,17)11-4-3-9(13)7-10(11)14/h3-4,7-8,15H,5-6,14H2,1-2H3. The Kier molecular flexibility index (Phi) is 3.55. The van der Waals surface area contributed by atoms with E-state index in [1.807, 2.05) is 6.92 Å². The van der Waals surface area contributed by atoms with Crippen LogP contribution in [0, 0.1) is 5.82 Å². The molecule has 0 bridgehead atoms. The maximum atomic E-state index is 13.0. The molecular weight excluding hydrogens is 271 g/mol. The van der Waals surface area contributed by atoms with Crippen molar-refractivity contribution < 1.29 is 17.5 Å². The summed E-state index contributed by atoms with van der Waals surface area (Å²) < 4.78 is 45.6. The molecule has 0 saturated carbocycles. The monoisotopic (exact) mass is 288 g/mol. The predicted octanol–water partition coefficient (Wildman–Crippen LogP) is 1.25. The normalized spacial score (nSPS) is 27.6. The van der Waals surface area contributed by atoms with Crippen LogP contribution < -0.4 is 10.5 Å². The van der Waals surface area contributed by atoms with Gasteiger partial charge in [0.15, 0.2) is 0 Å². The SMILES string of the molecule is CC1OCCC1(C)NS(=O)(=O)c1ccc(F)cc1N. The molecule has 2 unspecified atom stereocenters. The third-order valence-corrected chi connectivity index (χ3v) is 5.20. The molecule has 1 saturated heterocycles. The van der Waals surface area contributed by atoms with Crippen LogP contribution in [0.1, 0.15) is 20.3 Å². The second kappa shape index (κ2) is 4.73. The summed E-state index contributed by atoms with van der Waals surface area (Å²) in [5, 5.41) is 0. The van der Waals surface area contributed by atoms with Crippen LogP contribution in [0.4, 0.5) is 10.1 Å². The van der Waals surface area contributed by atoms with Crippen LogP contribution in [0.5, 0.6) is 0 Å². The second-order valence-electron chi connectivity index (χ2n) is 4.97. The van der Waals surface area contributed by atoms with Gasteiger partial charge in [0, 0.05) is 6.61 Å². The van der Waals surface area contributed by atoms with Gasteiger partial charge in [0.2, 0.25) is 10.0 Å². The number of hydrogen-bond acceptors (Lipinski definition) is 4. The molecule has 1 aliphatic rings. The highest BCUT2D eigenvalue weighted by Gasteiger charge is 2.40. The highest BCUT2D eigenvalue weighted by molar-refractivity contribution is 7.89. The van der Waals surface area contributed by atoms with E-state index < -0.39 is 21.4 Å². The molecule has 3 N–H and O–H groups in total. The zero-order valence-electron chi connectivity index (χ0n) is 10.8. The maximum Gasteiger partial charge on any atom is 0.243 e. The molecule has 0 aliphatic carbocycles. The first-order valence-electron chi connectivity index (χ1n) is 5.95. The first kappa shape index (κ1) is 14.2. The smallest absolute Gasteiger partial charge is 0.243 e. The van der Waals surface area contributed by atoms with Crippen molar-refractivity contribution in [1.29, 1.82) is 0 Å². The maximum absolute atomic E-state index is 13.0. The molecule has 0 aromatic heterocycles. The van der Waals surface area contributed by atoms with E-state index in [4.69, 9.17) is 10.5 Å². The molecule has 1 heterocycles. The molecule has 0 amide bonds. The van der Waals surface area contributed by atoms with Gasteiger partial charge in [-0.15, -0.1) is 0 Å². The van der Waals surface area contributed by atoms with Crippen molar-refractivity contribution >= 4 is 15.7 Å². The van der Waals surface area contributed by atoms with E-state index in [1.54, 1.807) is 6.92 Å². The predicted molar refractivity (Wildman–Crippen MR) is 69.6 cm³/mol. The number of rotatable bonds is 3. The Labute approximate surface area is 112 Å². The van der Waals surface area contributed by atoms with Crippen molar-refractivity contribution in [2.24, 2.45) is 0 Å². The lowest BCUT2D eigenvalue weighted by Crippen LogP contribution is -2.50. The Morgan fingerprint density at radius 2 is 2.21 bits per heavy atom. The molecule has 2 atom stereocenters. The first-order chi connectivity index (χ1) is 8.74. The van der Waals surface area contributed by atoms with E-state index in [-0.39, 0.29) is 16.7 Å². The summed E-state index contributed by atoms with van der Waals surface area (Å²) in [6, 6.07) is 3.23. The largest absolute Gasteiger partial charge is 0.398 e. The first-order valence-corrected chi connectivity index (χ1v) is 7.43. The van der Waals surface area contributed by atoms with Gasteiger partial charge in [0.25, 0.3) is 0 Å². The molecule has 19 heavy (non-hydrogen) atoms. The van der Waals surface area contributed by atoms with Crippen molar-refractivity contribution in [2.45, 2.75) is 36.8 Å². The Bertz CT molecular complexity index is 591. The number of hydrogen-bond donors (Lipinski definition) is 2. The summed E-state index contributed by atoms with van der Waals surface area (Å²) in [6.07, 6.45) is 0.345. The zero-order valence-corrected chi connectivity index (χ0v) is 11.6. The highest BCUT2D eigenvalue weighted by Crippen LogP contribution is 2.28. The topological polar surface area (TPSA) is 81.4 Å². The van der Waals surface area contributed by atoms with Gasteiger partial charge >= 0.3 is 0 Å². The Morgan fingerprint density at radius 3 is 2.74 bits per heavy atom. The number of sulfonamides is 1. The molecule has 0 radical (unpaired) electrons. The van der Waals surface area contributed by atoms with E-state index >= 15 is 0 Å². The van der Waals surface area contributed by atoms with E-state index in [0.717, 1.165) is 18.2 Å². The van der Waals surface area contributed by atoms with Crippen molar-refractivity contribution in [3.63, 3.8) is 0 Å². The van der Waals surface area contributed by atoms with Gasteiger partial charge < -0.3 is 10.5 Å². The van der Waals surface area contributed by atoms with Gasteiger partial charge in [-0.2, -0.15) is 0 Å². The van der Waals surface area contributed by atoms with Crippen LogP contribution in [-0.4, -0.2) is 26.7 Å². The van der Waals surface area contributed by atoms with E-state index in [1.165, 1.54) is 0 Å². The number of nitrogens with one attached hydrogen (secondary N) is 1. The minimum atomic E-state index is -3.80. The number of benzene rings is 1. The second-order valence-corrected chi connectivity index (χ2v) is 6.62. The molecule has 106 valence electrons. The quantitative estimate of drug-likeness (QED) is 0.820. The number of halogens is 1. The van der Waals surface area contributed by atoms with Crippen LogP contribution in [0.2, 0.25) is 0 Å². The van der Waals surface area contributed by atoms with Gasteiger partial charge in [-0.1, -0.05) is 0 Å². The molecule has 1 fully saturated rings. The number of anilines is 1. The summed E-state index contributed by atoms with van der Waals surface area (Å²) in [5.74, 6) is -0.569. The van der Waals surface area contributed by atoms with Gasteiger partial charge in [-0.25, -0.2) is 17.5 Å². The molecular formula is C12H17FN2O3S. The van der Waals surface area contributed by atoms with Crippen LogP contribution in [0.25, 0.3) is 0 Å². The fourth-order valence-corrected chi connectivity index (χ4v) is 3.70. The van der Waals surface area contributed by atoms with Gasteiger partial charge in [-0.05, 0) is 38.5 Å². The Balaban J connectivity index is 2.33. The van der Waals surface area contributed by atoms with Crippen molar-refractivity contribution in [3.05, 3.63) is 24.0 Å². The molecule has 1 aromatic rings.